The van der Waals surface area contributed by atoms with E-state index in [1.807, 2.05) is 0 Å². The number of aliphatic hydroxyl groups excluding tert-OH is 2. The van der Waals surface area contributed by atoms with E-state index in [1.165, 1.54) is 116 Å². The van der Waals surface area contributed by atoms with Gasteiger partial charge in [0.2, 0.25) is 0 Å². The summed E-state index contributed by atoms with van der Waals surface area (Å²) in [6, 6.07) is 0. The van der Waals surface area contributed by atoms with Gasteiger partial charge >= 0.3 is 33.6 Å². The minimum absolute atomic E-state index is 0.0773. The summed E-state index contributed by atoms with van der Waals surface area (Å²) in [4.78, 5) is 58.9. The third-order valence-electron chi connectivity index (χ3n) is 17.7. The molecule has 0 heterocycles. The van der Waals surface area contributed by atoms with Gasteiger partial charge < -0.3 is 34.2 Å². The van der Waals surface area contributed by atoms with E-state index < -0.39 is 91.5 Å². The van der Waals surface area contributed by atoms with E-state index in [2.05, 4.69) is 179 Å². The monoisotopic (exact) mass is 1570 g/mol. The zero-order chi connectivity index (χ0) is 79.4. The van der Waals surface area contributed by atoms with Crippen molar-refractivity contribution >= 4 is 33.6 Å². The van der Waals surface area contributed by atoms with Crippen LogP contribution in [0.5, 0.6) is 0 Å². The molecule has 0 saturated carbocycles. The van der Waals surface area contributed by atoms with Crippen LogP contribution in [0.3, 0.4) is 0 Å². The van der Waals surface area contributed by atoms with Crippen LogP contribution in [0, 0.1) is 0 Å². The van der Waals surface area contributed by atoms with Gasteiger partial charge in [0.1, 0.15) is 25.4 Å². The fourth-order valence-corrected chi connectivity index (χ4v) is 12.8. The van der Waals surface area contributed by atoms with Crippen LogP contribution in [0.2, 0.25) is 0 Å². The predicted octanol–water partition coefficient (Wildman–Crippen LogP) is 25.8. The minimum Gasteiger partial charge on any atom is -0.463 e. The van der Waals surface area contributed by atoms with Crippen LogP contribution in [0.15, 0.2) is 158 Å². The fourth-order valence-electron chi connectivity index (χ4n) is 11.2. The van der Waals surface area contributed by atoms with Gasteiger partial charge in [0, 0.05) is 19.3 Å². The summed E-state index contributed by atoms with van der Waals surface area (Å²) in [6.07, 6.45) is 104. The Bertz CT molecular complexity index is 2610. The molecule has 5 unspecified atom stereocenters. The maximum Gasteiger partial charge on any atom is 0.472 e. The molecule has 5 atom stereocenters. The molecule has 0 aliphatic rings. The van der Waals surface area contributed by atoms with E-state index in [0.29, 0.717) is 19.3 Å². The number of hydrogen-bond donors (Lipinski definition) is 4. The molecule has 16 nitrogen and oxygen atoms in total. The van der Waals surface area contributed by atoms with Crippen molar-refractivity contribution in [3.63, 3.8) is 0 Å². The summed E-state index contributed by atoms with van der Waals surface area (Å²) in [5.41, 5.74) is 0. The fraction of sp³-hybridized carbons (Fsp3) is 0.681. The highest BCUT2D eigenvalue weighted by Gasteiger charge is 2.29. The number of allylic oxidation sites excluding steroid dienone is 26. The Kier molecular flexibility index (Phi) is 79.0. The first-order valence-corrected chi connectivity index (χ1v) is 45.8. The lowest BCUT2D eigenvalue weighted by molar-refractivity contribution is -0.161. The maximum absolute atomic E-state index is 13.0. The van der Waals surface area contributed by atoms with Crippen molar-refractivity contribution in [1.29, 1.82) is 0 Å². The largest absolute Gasteiger partial charge is 0.472 e. The second-order valence-electron chi connectivity index (χ2n) is 28.2. The Balaban J connectivity index is 4.68. The summed E-state index contributed by atoms with van der Waals surface area (Å²) in [5.74, 6) is -1.60. The van der Waals surface area contributed by atoms with Gasteiger partial charge in [0.25, 0.3) is 0 Å². The number of ether oxygens (including phenoxy) is 3. The first-order chi connectivity index (χ1) is 53.2. The third-order valence-corrected chi connectivity index (χ3v) is 19.6. The van der Waals surface area contributed by atoms with E-state index >= 15 is 0 Å². The highest BCUT2D eigenvalue weighted by molar-refractivity contribution is 7.47. The van der Waals surface area contributed by atoms with Gasteiger partial charge in [-0.2, -0.15) is 0 Å². The smallest absolute Gasteiger partial charge is 0.463 e. The average molecular weight is 1570 g/mol. The Morgan fingerprint density at radius 2 is 0.486 bits per heavy atom. The highest BCUT2D eigenvalue weighted by atomic mass is 31.2. The van der Waals surface area contributed by atoms with Gasteiger partial charge in [-0.1, -0.05) is 326 Å². The lowest BCUT2D eigenvalue weighted by Crippen LogP contribution is -2.30. The van der Waals surface area contributed by atoms with Crippen molar-refractivity contribution in [2.24, 2.45) is 0 Å². The van der Waals surface area contributed by atoms with Crippen molar-refractivity contribution in [1.82, 2.24) is 0 Å². The quantitative estimate of drug-likeness (QED) is 0.0146. The number of phosphoric acid groups is 2. The molecule has 4 N–H and O–H groups in total. The maximum atomic E-state index is 13.0. The van der Waals surface area contributed by atoms with Crippen LogP contribution in [-0.4, -0.2) is 95.9 Å². The van der Waals surface area contributed by atoms with Crippen LogP contribution in [0.1, 0.15) is 342 Å². The summed E-state index contributed by atoms with van der Waals surface area (Å²) in [7, 11) is -9.82. The molecule has 0 aromatic carbocycles. The van der Waals surface area contributed by atoms with Crippen LogP contribution >= 0.6 is 15.6 Å². The first-order valence-electron chi connectivity index (χ1n) is 42.8. The van der Waals surface area contributed by atoms with Gasteiger partial charge in [0.05, 0.1) is 26.4 Å². The molecule has 0 aromatic rings. The first kappa shape index (κ1) is 104. The number of unbranched alkanes of at least 4 members (excludes halogenated alkanes) is 31. The second-order valence-corrected chi connectivity index (χ2v) is 31.2. The molecular weight excluding hydrogens is 1410 g/mol. The zero-order valence-corrected chi connectivity index (χ0v) is 70.2. The summed E-state index contributed by atoms with van der Waals surface area (Å²) in [6.45, 7) is 2.50. The normalized spacial score (nSPS) is 14.7. The summed E-state index contributed by atoms with van der Waals surface area (Å²) >= 11 is 0. The minimum atomic E-state index is -4.95. The predicted molar refractivity (Wildman–Crippen MR) is 454 cm³/mol. The molecule has 0 aliphatic heterocycles. The van der Waals surface area contributed by atoms with Gasteiger partial charge in [0.15, 0.2) is 6.10 Å². The van der Waals surface area contributed by atoms with E-state index in [1.54, 1.807) is 0 Å². The van der Waals surface area contributed by atoms with Crippen LogP contribution in [-0.2, 0) is 55.8 Å². The van der Waals surface area contributed by atoms with Crippen molar-refractivity contribution in [3.8, 4) is 0 Å². The van der Waals surface area contributed by atoms with Crippen molar-refractivity contribution < 1.29 is 75.8 Å². The van der Waals surface area contributed by atoms with Gasteiger partial charge in [-0.15, -0.1) is 0 Å². The van der Waals surface area contributed by atoms with E-state index in [9.17, 15) is 43.5 Å². The Hall–Kier alpha value is -4.83. The standard InChI is InChI=1S/C91H154O16P2/c1-4-7-10-13-16-19-22-25-28-31-34-37-39-41-42-44-46-48-50-53-56-59-62-65-68-71-74-77-89(94)101-80-86(92)81-103-108(97,98)104-82-87(93)83-105-109(99,100)106-85-88(107-91(96)79-76-73-70-67-64-61-58-55-52-47-36-33-30-27-24-21-18-15-12-9-6-3)84-102-90(95)78-75-72-69-66-63-60-57-54-51-49-45-43-40-38-35-32-29-26-23-20-17-14-11-8-5-2/h8,11,16-21,25-30,34-38,41-43,45,47,55,58,86-88,92-93H,4-7,9-10,12-15,22-24,31-33,39-40,44,46,48-54,56-57,59-85H2,1-3H3,(H,97,98)(H,99,100)/b11-8-,19-16-,20-17-,21-18-,28-25-,29-26-,30-27-,37-34-,38-35-,42-41-,45-43-,47-36-,58-55-. The zero-order valence-electron chi connectivity index (χ0n) is 68.4. The highest BCUT2D eigenvalue weighted by Crippen LogP contribution is 2.45. The molecule has 0 saturated heterocycles. The lowest BCUT2D eigenvalue weighted by Gasteiger charge is -2.21. The molecule has 0 rings (SSSR count). The average Bonchev–Trinajstić information content (AvgIpc) is 0.910. The number of carbonyl (C=O) groups excluding carboxylic acids is 3. The Morgan fingerprint density at radius 3 is 0.771 bits per heavy atom. The molecule has 0 spiro atoms. The van der Waals surface area contributed by atoms with Gasteiger partial charge in [-0.25, -0.2) is 9.13 Å². The van der Waals surface area contributed by atoms with E-state index in [0.717, 1.165) is 167 Å². The van der Waals surface area contributed by atoms with E-state index in [-0.39, 0.29) is 19.3 Å². The van der Waals surface area contributed by atoms with Crippen molar-refractivity contribution in [3.05, 3.63) is 158 Å². The van der Waals surface area contributed by atoms with Crippen LogP contribution < -0.4 is 0 Å². The second kappa shape index (κ2) is 82.6. The topological polar surface area (TPSA) is 231 Å². The van der Waals surface area contributed by atoms with Crippen molar-refractivity contribution in [2.45, 2.75) is 360 Å². The molecule has 109 heavy (non-hydrogen) atoms. The molecule has 0 bridgehead atoms. The summed E-state index contributed by atoms with van der Waals surface area (Å²) in [5, 5.41) is 20.7. The molecule has 18 heteroatoms. The van der Waals surface area contributed by atoms with Gasteiger partial charge in [-0.3, -0.25) is 32.5 Å². The molecule has 624 valence electrons. The number of carbonyl (C=O) groups is 3. The number of rotatable bonds is 80. The lowest BCUT2D eigenvalue weighted by atomic mass is 10.0. The Labute approximate surface area is 663 Å². The van der Waals surface area contributed by atoms with Crippen LogP contribution in [0.25, 0.3) is 0 Å². The molecule has 0 aliphatic carbocycles. The molecule has 0 radical (unpaired) electrons. The van der Waals surface area contributed by atoms with Crippen LogP contribution in [0.4, 0.5) is 0 Å². The Morgan fingerprint density at radius 1 is 0.266 bits per heavy atom. The van der Waals surface area contributed by atoms with Gasteiger partial charge in [-0.05, 0) is 154 Å². The van der Waals surface area contributed by atoms with Crippen molar-refractivity contribution in [2.75, 3.05) is 39.6 Å². The number of esters is 3. The number of phosphoric ester groups is 2. The van der Waals surface area contributed by atoms with E-state index in [4.69, 9.17) is 32.3 Å². The molecule has 0 aromatic heterocycles. The molecular formula is C91H154O16P2. The number of aliphatic hydroxyl groups is 2. The molecule has 0 amide bonds. The third kappa shape index (κ3) is 83.9. The molecule has 0 fully saturated rings. The summed E-state index contributed by atoms with van der Waals surface area (Å²) < 4.78 is 61.3. The SMILES string of the molecule is CC/C=C\C/C=C\C/C=C\C/C=C\C/C=C\CCCCCCCCCCCC(=O)OCC(COP(=O)(O)OCC(O)COP(=O)(O)OCC(O)COC(=O)CCCCCCCCCCCCC/C=C\C/C=C\C/C=C\C/C=C\CCCCC)OC(=O)CCCCCCC/C=C\C/C=C\C/C=C\C/C=C\CCCCC. The number of hydrogen-bond acceptors (Lipinski definition) is 14.